The molecule has 0 amide bonds. The van der Waals surface area contributed by atoms with Crippen LogP contribution in [-0.2, 0) is 6.54 Å². The Morgan fingerprint density at radius 1 is 1.35 bits per heavy atom. The first-order chi connectivity index (χ1) is 7.84. The first kappa shape index (κ1) is 14.7. The highest BCUT2D eigenvalue weighted by Crippen LogP contribution is 2.24. The van der Waals surface area contributed by atoms with Crippen molar-refractivity contribution in [1.29, 1.82) is 0 Å². The van der Waals surface area contributed by atoms with E-state index in [1.807, 2.05) is 6.07 Å². The van der Waals surface area contributed by atoms with Gasteiger partial charge in [-0.05, 0) is 30.2 Å². The Hall–Kier alpha value is -0.380. The number of rotatable bonds is 4. The Morgan fingerprint density at radius 2 is 2.00 bits per heavy atom. The van der Waals surface area contributed by atoms with E-state index < -0.39 is 0 Å². The van der Waals surface area contributed by atoms with Crippen molar-refractivity contribution in [1.82, 2.24) is 4.90 Å². The molecule has 0 saturated carbocycles. The highest BCUT2D eigenvalue weighted by molar-refractivity contribution is 9.10. The fraction of sp³-hybridized carbons (Fsp3) is 0.571. The van der Waals surface area contributed by atoms with Gasteiger partial charge >= 0.3 is 0 Å². The molecule has 0 aliphatic rings. The van der Waals surface area contributed by atoms with Gasteiger partial charge in [-0.15, -0.1) is 0 Å². The van der Waals surface area contributed by atoms with Gasteiger partial charge in [0.25, 0.3) is 0 Å². The highest BCUT2D eigenvalue weighted by atomic mass is 79.9. The zero-order valence-electron chi connectivity index (χ0n) is 11.2. The minimum atomic E-state index is 0.204. The molecule has 2 N–H and O–H groups in total. The van der Waals surface area contributed by atoms with E-state index in [2.05, 4.69) is 66.8 Å². The standard InChI is InChI=1S/C14H23BrN2/c1-14(2,3)13(9-16)17(4)10-11-6-5-7-12(15)8-11/h5-8,13H,9-10,16H2,1-4H3. The van der Waals surface area contributed by atoms with E-state index in [1.165, 1.54) is 5.56 Å². The van der Waals surface area contributed by atoms with Crippen LogP contribution in [0.25, 0.3) is 0 Å². The van der Waals surface area contributed by atoms with Crippen LogP contribution in [0.3, 0.4) is 0 Å². The van der Waals surface area contributed by atoms with E-state index in [1.54, 1.807) is 0 Å². The van der Waals surface area contributed by atoms with Gasteiger partial charge in [0.1, 0.15) is 0 Å². The fourth-order valence-corrected chi connectivity index (χ4v) is 2.67. The van der Waals surface area contributed by atoms with Crippen molar-refractivity contribution < 1.29 is 0 Å². The summed E-state index contributed by atoms with van der Waals surface area (Å²) in [7, 11) is 2.14. The van der Waals surface area contributed by atoms with Crippen LogP contribution in [0.4, 0.5) is 0 Å². The lowest BCUT2D eigenvalue weighted by Gasteiger charge is -2.37. The predicted molar refractivity (Wildman–Crippen MR) is 77.9 cm³/mol. The average molecular weight is 299 g/mol. The van der Waals surface area contributed by atoms with Gasteiger partial charge in [-0.1, -0.05) is 48.8 Å². The van der Waals surface area contributed by atoms with Gasteiger partial charge in [-0.3, -0.25) is 4.90 Å². The normalized spacial score (nSPS) is 14.1. The predicted octanol–water partition coefficient (Wildman–Crippen LogP) is 3.25. The van der Waals surface area contributed by atoms with E-state index in [0.29, 0.717) is 12.6 Å². The largest absolute Gasteiger partial charge is 0.329 e. The lowest BCUT2D eigenvalue weighted by atomic mass is 9.85. The molecular weight excluding hydrogens is 276 g/mol. The lowest BCUT2D eigenvalue weighted by Crippen LogP contribution is -2.46. The molecule has 3 heteroatoms. The van der Waals surface area contributed by atoms with Crippen molar-refractivity contribution in [3.05, 3.63) is 34.3 Å². The maximum Gasteiger partial charge on any atom is 0.0267 e. The van der Waals surface area contributed by atoms with Gasteiger partial charge in [0.15, 0.2) is 0 Å². The molecule has 0 spiro atoms. The van der Waals surface area contributed by atoms with E-state index in [-0.39, 0.29) is 5.41 Å². The molecule has 0 fully saturated rings. The quantitative estimate of drug-likeness (QED) is 0.924. The molecule has 0 radical (unpaired) electrons. The maximum atomic E-state index is 5.89. The zero-order chi connectivity index (χ0) is 13.1. The second kappa shape index (κ2) is 5.98. The summed E-state index contributed by atoms with van der Waals surface area (Å²) in [5.74, 6) is 0. The van der Waals surface area contributed by atoms with Gasteiger partial charge in [0.05, 0.1) is 0 Å². The summed E-state index contributed by atoms with van der Waals surface area (Å²) in [6, 6.07) is 8.82. The van der Waals surface area contributed by atoms with Crippen molar-refractivity contribution in [3.63, 3.8) is 0 Å². The second-order valence-corrected chi connectivity index (χ2v) is 6.58. The van der Waals surface area contributed by atoms with Crippen LogP contribution in [0.5, 0.6) is 0 Å². The number of likely N-dealkylation sites (N-methyl/N-ethyl adjacent to an activating group) is 1. The molecule has 0 aliphatic carbocycles. The number of nitrogens with two attached hydrogens (primary N) is 1. The molecular formula is C14H23BrN2. The highest BCUT2D eigenvalue weighted by Gasteiger charge is 2.26. The van der Waals surface area contributed by atoms with E-state index in [9.17, 15) is 0 Å². The number of halogens is 1. The number of nitrogens with zero attached hydrogens (tertiary/aromatic N) is 1. The van der Waals surface area contributed by atoms with Crippen LogP contribution < -0.4 is 5.73 Å². The van der Waals surface area contributed by atoms with Crippen LogP contribution in [0.2, 0.25) is 0 Å². The van der Waals surface area contributed by atoms with Crippen LogP contribution in [0, 0.1) is 5.41 Å². The molecule has 1 rings (SSSR count). The smallest absolute Gasteiger partial charge is 0.0267 e. The third-order valence-corrected chi connectivity index (χ3v) is 3.57. The van der Waals surface area contributed by atoms with Crippen molar-refractivity contribution in [2.45, 2.75) is 33.4 Å². The third kappa shape index (κ3) is 4.41. The zero-order valence-corrected chi connectivity index (χ0v) is 12.8. The third-order valence-electron chi connectivity index (χ3n) is 3.08. The van der Waals surface area contributed by atoms with Crippen LogP contribution in [0.1, 0.15) is 26.3 Å². The number of hydrogen-bond donors (Lipinski definition) is 1. The van der Waals surface area contributed by atoms with Gasteiger partial charge in [0, 0.05) is 23.6 Å². The molecule has 1 aromatic carbocycles. The lowest BCUT2D eigenvalue weighted by molar-refractivity contribution is 0.125. The topological polar surface area (TPSA) is 29.3 Å². The first-order valence-electron chi connectivity index (χ1n) is 5.99. The summed E-state index contributed by atoms with van der Waals surface area (Å²) in [5, 5.41) is 0. The van der Waals surface area contributed by atoms with E-state index in [0.717, 1.165) is 11.0 Å². The molecule has 96 valence electrons. The number of hydrogen-bond acceptors (Lipinski definition) is 2. The van der Waals surface area contributed by atoms with E-state index >= 15 is 0 Å². The number of benzene rings is 1. The Balaban J connectivity index is 2.74. The van der Waals surface area contributed by atoms with Gasteiger partial charge in [-0.2, -0.15) is 0 Å². The Bertz CT molecular complexity index is 357. The molecule has 0 aromatic heterocycles. The summed E-state index contributed by atoms with van der Waals surface area (Å²) >= 11 is 3.50. The minimum absolute atomic E-state index is 0.204. The van der Waals surface area contributed by atoms with Crippen LogP contribution in [0.15, 0.2) is 28.7 Å². The van der Waals surface area contributed by atoms with Crippen molar-refractivity contribution in [2.24, 2.45) is 11.1 Å². The molecule has 1 aromatic rings. The summed E-state index contributed by atoms with van der Waals surface area (Å²) in [6.45, 7) is 8.33. The van der Waals surface area contributed by atoms with Crippen molar-refractivity contribution >= 4 is 15.9 Å². The van der Waals surface area contributed by atoms with Gasteiger partial charge in [-0.25, -0.2) is 0 Å². The molecule has 0 bridgehead atoms. The van der Waals surface area contributed by atoms with Gasteiger partial charge in [0.2, 0.25) is 0 Å². The van der Waals surface area contributed by atoms with Gasteiger partial charge < -0.3 is 5.73 Å². The minimum Gasteiger partial charge on any atom is -0.329 e. The maximum absolute atomic E-state index is 5.89. The molecule has 0 aliphatic heterocycles. The molecule has 2 nitrogen and oxygen atoms in total. The summed E-state index contributed by atoms with van der Waals surface area (Å²) < 4.78 is 1.13. The molecule has 1 atom stereocenters. The van der Waals surface area contributed by atoms with E-state index in [4.69, 9.17) is 5.73 Å². The first-order valence-corrected chi connectivity index (χ1v) is 6.78. The van der Waals surface area contributed by atoms with Crippen molar-refractivity contribution in [2.75, 3.05) is 13.6 Å². The Morgan fingerprint density at radius 3 is 2.47 bits per heavy atom. The van der Waals surface area contributed by atoms with Crippen LogP contribution >= 0.6 is 15.9 Å². The van der Waals surface area contributed by atoms with Crippen molar-refractivity contribution in [3.8, 4) is 0 Å². The molecule has 0 saturated heterocycles. The molecule has 1 unspecified atom stereocenters. The average Bonchev–Trinajstić information content (AvgIpc) is 2.15. The SMILES string of the molecule is CN(Cc1cccc(Br)c1)C(CN)C(C)(C)C. The molecule has 0 heterocycles. The Labute approximate surface area is 113 Å². The van der Waals surface area contributed by atoms with Crippen LogP contribution in [-0.4, -0.2) is 24.5 Å². The second-order valence-electron chi connectivity index (χ2n) is 5.66. The Kier molecular flexibility index (Phi) is 5.17. The molecule has 17 heavy (non-hydrogen) atoms. The summed E-state index contributed by atoms with van der Waals surface area (Å²) in [4.78, 5) is 2.34. The summed E-state index contributed by atoms with van der Waals surface area (Å²) in [5.41, 5.74) is 7.41. The fourth-order valence-electron chi connectivity index (χ4n) is 2.23. The summed E-state index contributed by atoms with van der Waals surface area (Å²) in [6.07, 6.45) is 0. The monoisotopic (exact) mass is 298 g/mol.